The third kappa shape index (κ3) is 4.42. The molecule has 1 heterocycles. The predicted octanol–water partition coefficient (Wildman–Crippen LogP) is 3.90. The number of halogens is 1. The number of nitrogens with zero attached hydrogens (tertiary/aromatic N) is 3. The Bertz CT molecular complexity index is 981. The standard InChI is InChI=1S/C18H19ClN4O2S/c1-13(2)15-5-9-17(10-6-15)26(24,25)22-18-20-12-23(21-18)11-14-3-7-16(19)8-4-14/h3-10,12-13H,11H2,1-2H3,(H,21,22). The summed E-state index contributed by atoms with van der Waals surface area (Å²) in [7, 11) is -3.73. The van der Waals surface area contributed by atoms with Crippen molar-refractivity contribution in [1.29, 1.82) is 0 Å². The molecule has 0 aliphatic heterocycles. The van der Waals surface area contributed by atoms with Crippen LogP contribution in [-0.2, 0) is 16.6 Å². The van der Waals surface area contributed by atoms with Gasteiger partial charge in [-0.2, -0.15) is 4.98 Å². The molecule has 0 unspecified atom stereocenters. The second-order valence-electron chi connectivity index (χ2n) is 6.22. The summed E-state index contributed by atoms with van der Waals surface area (Å²) in [4.78, 5) is 4.20. The first-order valence-electron chi connectivity index (χ1n) is 8.10. The Morgan fingerprint density at radius 1 is 1.08 bits per heavy atom. The molecule has 0 radical (unpaired) electrons. The molecule has 8 heteroatoms. The van der Waals surface area contributed by atoms with Crippen molar-refractivity contribution in [3.8, 4) is 0 Å². The Labute approximate surface area is 157 Å². The van der Waals surface area contributed by atoms with Crippen LogP contribution in [0.1, 0.15) is 30.9 Å². The summed E-state index contributed by atoms with van der Waals surface area (Å²) in [5.41, 5.74) is 2.06. The minimum atomic E-state index is -3.73. The third-order valence-electron chi connectivity index (χ3n) is 3.88. The maximum absolute atomic E-state index is 12.5. The van der Waals surface area contributed by atoms with E-state index < -0.39 is 10.0 Å². The van der Waals surface area contributed by atoms with Crippen LogP contribution in [0.2, 0.25) is 5.02 Å². The molecule has 26 heavy (non-hydrogen) atoms. The van der Waals surface area contributed by atoms with E-state index in [0.717, 1.165) is 11.1 Å². The van der Waals surface area contributed by atoms with E-state index >= 15 is 0 Å². The summed E-state index contributed by atoms with van der Waals surface area (Å²) in [5, 5.41) is 4.82. The number of benzene rings is 2. The van der Waals surface area contributed by atoms with E-state index in [1.165, 1.54) is 6.33 Å². The highest BCUT2D eigenvalue weighted by Gasteiger charge is 2.16. The molecule has 0 fully saturated rings. The van der Waals surface area contributed by atoms with Crippen molar-refractivity contribution in [2.75, 3.05) is 4.72 Å². The zero-order chi connectivity index (χ0) is 18.7. The van der Waals surface area contributed by atoms with Crippen molar-refractivity contribution in [3.05, 3.63) is 71.0 Å². The zero-order valence-electron chi connectivity index (χ0n) is 14.4. The van der Waals surface area contributed by atoms with Crippen molar-refractivity contribution in [1.82, 2.24) is 14.8 Å². The Balaban J connectivity index is 1.72. The van der Waals surface area contributed by atoms with Crippen LogP contribution in [0.3, 0.4) is 0 Å². The van der Waals surface area contributed by atoms with Gasteiger partial charge in [0, 0.05) is 5.02 Å². The maximum atomic E-state index is 12.5. The van der Waals surface area contributed by atoms with Gasteiger partial charge in [0.25, 0.3) is 16.0 Å². The van der Waals surface area contributed by atoms with Gasteiger partial charge in [0.05, 0.1) is 11.4 Å². The van der Waals surface area contributed by atoms with Crippen LogP contribution in [-0.4, -0.2) is 23.2 Å². The molecule has 0 saturated heterocycles. The highest BCUT2D eigenvalue weighted by atomic mass is 35.5. The first-order valence-corrected chi connectivity index (χ1v) is 9.96. The predicted molar refractivity (Wildman–Crippen MR) is 102 cm³/mol. The minimum Gasteiger partial charge on any atom is -0.246 e. The van der Waals surface area contributed by atoms with E-state index in [9.17, 15) is 8.42 Å². The van der Waals surface area contributed by atoms with Gasteiger partial charge in [0.2, 0.25) is 0 Å². The quantitative estimate of drug-likeness (QED) is 0.692. The SMILES string of the molecule is CC(C)c1ccc(S(=O)(=O)Nc2ncn(Cc3ccc(Cl)cc3)n2)cc1. The van der Waals surface area contributed by atoms with Crippen LogP contribution in [0.4, 0.5) is 5.95 Å². The number of hydrogen-bond acceptors (Lipinski definition) is 4. The second-order valence-corrected chi connectivity index (χ2v) is 8.34. The molecule has 136 valence electrons. The van der Waals surface area contributed by atoms with Crippen LogP contribution >= 0.6 is 11.6 Å². The normalized spacial score (nSPS) is 11.7. The molecule has 0 amide bonds. The fraction of sp³-hybridized carbons (Fsp3) is 0.222. The fourth-order valence-electron chi connectivity index (χ4n) is 2.41. The topological polar surface area (TPSA) is 76.9 Å². The van der Waals surface area contributed by atoms with E-state index in [1.54, 1.807) is 28.9 Å². The molecule has 0 atom stereocenters. The first kappa shape index (κ1) is 18.4. The van der Waals surface area contributed by atoms with Crippen LogP contribution in [0.5, 0.6) is 0 Å². The molecule has 3 aromatic rings. The van der Waals surface area contributed by atoms with Gasteiger partial charge in [0.1, 0.15) is 6.33 Å². The molecule has 0 bridgehead atoms. The van der Waals surface area contributed by atoms with Gasteiger partial charge in [-0.05, 0) is 41.3 Å². The van der Waals surface area contributed by atoms with Crippen molar-refractivity contribution in [2.24, 2.45) is 0 Å². The summed E-state index contributed by atoms with van der Waals surface area (Å²) in [6, 6.07) is 14.1. The Kier molecular flexibility index (Phi) is 5.29. The Morgan fingerprint density at radius 3 is 2.35 bits per heavy atom. The Hall–Kier alpha value is -2.38. The molecule has 1 N–H and O–H groups in total. The van der Waals surface area contributed by atoms with E-state index in [4.69, 9.17) is 11.6 Å². The van der Waals surface area contributed by atoms with Crippen molar-refractivity contribution in [3.63, 3.8) is 0 Å². The third-order valence-corrected chi connectivity index (χ3v) is 5.47. The average molecular weight is 391 g/mol. The fourth-order valence-corrected chi connectivity index (χ4v) is 3.48. The van der Waals surface area contributed by atoms with E-state index in [-0.39, 0.29) is 10.8 Å². The summed E-state index contributed by atoms with van der Waals surface area (Å²) in [6.45, 7) is 4.58. The zero-order valence-corrected chi connectivity index (χ0v) is 16.0. The van der Waals surface area contributed by atoms with Gasteiger partial charge >= 0.3 is 0 Å². The first-order chi connectivity index (χ1) is 12.3. The van der Waals surface area contributed by atoms with Gasteiger partial charge in [0.15, 0.2) is 0 Å². The molecule has 0 spiro atoms. The van der Waals surface area contributed by atoms with E-state index in [1.807, 2.05) is 24.3 Å². The molecule has 0 saturated carbocycles. The van der Waals surface area contributed by atoms with Crippen LogP contribution < -0.4 is 4.72 Å². The molecule has 1 aromatic heterocycles. The monoisotopic (exact) mass is 390 g/mol. The number of sulfonamides is 1. The summed E-state index contributed by atoms with van der Waals surface area (Å²) in [6.07, 6.45) is 1.48. The second kappa shape index (κ2) is 7.47. The number of nitrogens with one attached hydrogen (secondary N) is 1. The number of rotatable bonds is 6. The number of anilines is 1. The van der Waals surface area contributed by atoms with Gasteiger partial charge in [-0.25, -0.2) is 17.8 Å². The lowest BCUT2D eigenvalue weighted by Crippen LogP contribution is -2.14. The van der Waals surface area contributed by atoms with Crippen LogP contribution in [0.15, 0.2) is 59.8 Å². The van der Waals surface area contributed by atoms with Gasteiger partial charge in [-0.15, -0.1) is 5.10 Å². The lowest BCUT2D eigenvalue weighted by atomic mass is 10.0. The highest BCUT2D eigenvalue weighted by Crippen LogP contribution is 2.19. The maximum Gasteiger partial charge on any atom is 0.264 e. The number of hydrogen-bond donors (Lipinski definition) is 1. The van der Waals surface area contributed by atoms with E-state index in [0.29, 0.717) is 17.5 Å². The average Bonchev–Trinajstić information content (AvgIpc) is 3.03. The lowest BCUT2D eigenvalue weighted by molar-refractivity contribution is 0.600. The van der Waals surface area contributed by atoms with Gasteiger partial charge in [-0.3, -0.25) is 0 Å². The van der Waals surface area contributed by atoms with Crippen molar-refractivity contribution >= 4 is 27.6 Å². The largest absolute Gasteiger partial charge is 0.264 e. The van der Waals surface area contributed by atoms with Crippen LogP contribution in [0.25, 0.3) is 0 Å². The van der Waals surface area contributed by atoms with Crippen molar-refractivity contribution in [2.45, 2.75) is 31.2 Å². The van der Waals surface area contributed by atoms with E-state index in [2.05, 4.69) is 28.7 Å². The smallest absolute Gasteiger partial charge is 0.246 e. The highest BCUT2D eigenvalue weighted by molar-refractivity contribution is 7.92. The van der Waals surface area contributed by atoms with Crippen molar-refractivity contribution < 1.29 is 8.42 Å². The van der Waals surface area contributed by atoms with Crippen LogP contribution in [0, 0.1) is 0 Å². The number of aromatic nitrogens is 3. The van der Waals surface area contributed by atoms with Gasteiger partial charge in [-0.1, -0.05) is 49.7 Å². The molecule has 0 aliphatic rings. The van der Waals surface area contributed by atoms with Gasteiger partial charge < -0.3 is 0 Å². The molecule has 2 aromatic carbocycles. The molecular weight excluding hydrogens is 372 g/mol. The molecule has 3 rings (SSSR count). The summed E-state index contributed by atoms with van der Waals surface area (Å²) < 4.78 is 28.9. The minimum absolute atomic E-state index is 0.0342. The summed E-state index contributed by atoms with van der Waals surface area (Å²) >= 11 is 5.87. The summed E-state index contributed by atoms with van der Waals surface area (Å²) in [5.74, 6) is 0.372. The Morgan fingerprint density at radius 2 is 1.73 bits per heavy atom. The lowest BCUT2D eigenvalue weighted by Gasteiger charge is -2.08. The molecule has 6 nitrogen and oxygen atoms in total. The molecule has 0 aliphatic carbocycles. The molecular formula is C18H19ClN4O2S.